The maximum Gasteiger partial charge on any atom is 0.342 e. The number of fused-ring (bicyclic) bond motifs is 1. The van der Waals surface area contributed by atoms with E-state index in [1.807, 2.05) is 0 Å². The first-order chi connectivity index (χ1) is 11.9. The van der Waals surface area contributed by atoms with Crippen molar-refractivity contribution in [3.8, 4) is 17.2 Å². The van der Waals surface area contributed by atoms with E-state index >= 15 is 0 Å². The summed E-state index contributed by atoms with van der Waals surface area (Å²) >= 11 is 5.79. The van der Waals surface area contributed by atoms with Crippen molar-refractivity contribution in [1.82, 2.24) is 0 Å². The summed E-state index contributed by atoms with van der Waals surface area (Å²) in [5, 5.41) is 12.6. The lowest BCUT2D eigenvalue weighted by Gasteiger charge is -2.14. The second-order valence-corrected chi connectivity index (χ2v) is 5.70. The number of phenolic OH excluding ortho intramolecular Hbond substituents is 1. The van der Waals surface area contributed by atoms with Crippen LogP contribution in [0.1, 0.15) is 17.3 Å². The Morgan fingerprint density at radius 2 is 1.96 bits per heavy atom. The lowest BCUT2D eigenvalue weighted by atomic mass is 10.2. The van der Waals surface area contributed by atoms with Gasteiger partial charge in [0.25, 0.3) is 5.91 Å². The van der Waals surface area contributed by atoms with E-state index < -0.39 is 18.0 Å². The molecular weight excluding hydrogens is 350 g/mol. The van der Waals surface area contributed by atoms with E-state index in [2.05, 4.69) is 5.32 Å². The van der Waals surface area contributed by atoms with Crippen LogP contribution in [0.3, 0.4) is 0 Å². The minimum absolute atomic E-state index is 0.116. The number of rotatable bonds is 4. The molecule has 7 nitrogen and oxygen atoms in total. The van der Waals surface area contributed by atoms with Crippen LogP contribution in [0.5, 0.6) is 17.2 Å². The van der Waals surface area contributed by atoms with Gasteiger partial charge in [-0.1, -0.05) is 11.6 Å². The SMILES string of the molecule is C[C@H](OC(=O)c1cc(Cl)ccc1O)C(=O)Nc1ccc2c(c1)OCO2. The number of phenols is 1. The Hall–Kier alpha value is -2.93. The molecule has 1 atom stereocenters. The fourth-order valence-corrected chi connectivity index (χ4v) is 2.34. The van der Waals surface area contributed by atoms with E-state index in [9.17, 15) is 14.7 Å². The zero-order valence-electron chi connectivity index (χ0n) is 13.1. The number of ether oxygens (including phenoxy) is 3. The molecule has 8 heteroatoms. The average Bonchev–Trinajstić information content (AvgIpc) is 3.04. The van der Waals surface area contributed by atoms with Gasteiger partial charge >= 0.3 is 5.97 Å². The monoisotopic (exact) mass is 363 g/mol. The smallest absolute Gasteiger partial charge is 0.342 e. The lowest BCUT2D eigenvalue weighted by Crippen LogP contribution is -2.30. The number of carbonyl (C=O) groups excluding carboxylic acids is 2. The maximum absolute atomic E-state index is 12.2. The molecule has 0 bridgehead atoms. The summed E-state index contributed by atoms with van der Waals surface area (Å²) in [5.74, 6) is -0.556. The molecule has 25 heavy (non-hydrogen) atoms. The molecule has 2 N–H and O–H groups in total. The van der Waals surface area contributed by atoms with Crippen molar-refractivity contribution < 1.29 is 28.9 Å². The van der Waals surface area contributed by atoms with Gasteiger partial charge in [-0.15, -0.1) is 0 Å². The predicted molar refractivity (Wildman–Crippen MR) is 89.2 cm³/mol. The topological polar surface area (TPSA) is 94.1 Å². The van der Waals surface area contributed by atoms with Gasteiger partial charge in [-0.25, -0.2) is 4.79 Å². The number of esters is 1. The van der Waals surface area contributed by atoms with Crippen molar-refractivity contribution >= 4 is 29.2 Å². The number of aromatic hydroxyl groups is 1. The summed E-state index contributed by atoms with van der Waals surface area (Å²) in [6.45, 7) is 1.55. The number of benzene rings is 2. The first-order valence-corrected chi connectivity index (χ1v) is 7.72. The van der Waals surface area contributed by atoms with E-state index in [4.69, 9.17) is 25.8 Å². The summed E-state index contributed by atoms with van der Waals surface area (Å²) in [6, 6.07) is 8.89. The predicted octanol–water partition coefficient (Wildman–Crippen LogP) is 2.96. The molecule has 0 unspecified atom stereocenters. The molecule has 1 aliphatic heterocycles. The quantitative estimate of drug-likeness (QED) is 0.811. The number of hydrogen-bond donors (Lipinski definition) is 2. The average molecular weight is 364 g/mol. The molecule has 0 saturated heterocycles. The molecule has 0 aromatic heterocycles. The highest BCUT2D eigenvalue weighted by Crippen LogP contribution is 2.34. The Bertz CT molecular complexity index is 838. The highest BCUT2D eigenvalue weighted by atomic mass is 35.5. The van der Waals surface area contributed by atoms with E-state index in [1.54, 1.807) is 18.2 Å². The Balaban J connectivity index is 1.64. The van der Waals surface area contributed by atoms with Gasteiger partial charge in [0, 0.05) is 16.8 Å². The molecule has 130 valence electrons. The van der Waals surface area contributed by atoms with Gasteiger partial charge in [0.05, 0.1) is 0 Å². The molecule has 0 aliphatic carbocycles. The minimum Gasteiger partial charge on any atom is -0.507 e. The van der Waals surface area contributed by atoms with Crippen LogP contribution in [0, 0.1) is 0 Å². The van der Waals surface area contributed by atoms with Gasteiger partial charge in [0.2, 0.25) is 6.79 Å². The Labute approximate surface area is 148 Å². The first kappa shape index (κ1) is 16.9. The third kappa shape index (κ3) is 3.77. The van der Waals surface area contributed by atoms with Gasteiger partial charge in [-0.3, -0.25) is 4.79 Å². The summed E-state index contributed by atoms with van der Waals surface area (Å²) in [6.07, 6.45) is -1.09. The molecular formula is C17H14ClNO6. The molecule has 2 aromatic carbocycles. The second kappa shape index (κ2) is 6.90. The van der Waals surface area contributed by atoms with Crippen LogP contribution >= 0.6 is 11.6 Å². The fraction of sp³-hybridized carbons (Fsp3) is 0.176. The normalized spacial score (nSPS) is 13.2. The number of nitrogens with one attached hydrogen (secondary N) is 1. The first-order valence-electron chi connectivity index (χ1n) is 7.34. The number of hydrogen-bond acceptors (Lipinski definition) is 6. The maximum atomic E-state index is 12.2. The van der Waals surface area contributed by atoms with Gasteiger partial charge in [-0.05, 0) is 37.3 Å². The Kier molecular flexibility index (Phi) is 4.67. The molecule has 1 amide bonds. The van der Waals surface area contributed by atoms with Crippen LogP contribution < -0.4 is 14.8 Å². The van der Waals surface area contributed by atoms with Crippen LogP contribution in [0.15, 0.2) is 36.4 Å². The molecule has 1 aliphatic rings. The van der Waals surface area contributed by atoms with Crippen LogP contribution in [0.2, 0.25) is 5.02 Å². The third-order valence-corrected chi connectivity index (χ3v) is 3.71. The molecule has 0 radical (unpaired) electrons. The highest BCUT2D eigenvalue weighted by Gasteiger charge is 2.22. The van der Waals surface area contributed by atoms with Crippen LogP contribution in [0.25, 0.3) is 0 Å². The standard InChI is InChI=1S/C17H14ClNO6/c1-9(25-17(22)12-6-10(18)2-4-13(12)20)16(21)19-11-3-5-14-15(7-11)24-8-23-14/h2-7,9,20H,8H2,1H3,(H,19,21)/t9-/m0/s1. The van der Waals surface area contributed by atoms with Crippen LogP contribution in [-0.4, -0.2) is 29.9 Å². The van der Waals surface area contributed by atoms with Gasteiger partial charge in [0.15, 0.2) is 17.6 Å². The van der Waals surface area contributed by atoms with E-state index in [-0.39, 0.29) is 23.1 Å². The van der Waals surface area contributed by atoms with Gasteiger partial charge in [-0.2, -0.15) is 0 Å². The minimum atomic E-state index is -1.09. The second-order valence-electron chi connectivity index (χ2n) is 5.27. The van der Waals surface area contributed by atoms with E-state index in [1.165, 1.54) is 25.1 Å². The fourth-order valence-electron chi connectivity index (χ4n) is 2.17. The van der Waals surface area contributed by atoms with Crippen LogP contribution in [-0.2, 0) is 9.53 Å². The zero-order valence-corrected chi connectivity index (χ0v) is 13.9. The van der Waals surface area contributed by atoms with Crippen LogP contribution in [0.4, 0.5) is 5.69 Å². The number of halogens is 1. The van der Waals surface area contributed by atoms with Crippen molar-refractivity contribution in [1.29, 1.82) is 0 Å². The van der Waals surface area contributed by atoms with E-state index in [0.29, 0.717) is 17.2 Å². The summed E-state index contributed by atoms with van der Waals surface area (Å²) in [7, 11) is 0. The largest absolute Gasteiger partial charge is 0.507 e. The van der Waals surface area contributed by atoms with Crippen molar-refractivity contribution in [2.75, 3.05) is 12.1 Å². The van der Waals surface area contributed by atoms with Gasteiger partial charge in [0.1, 0.15) is 11.3 Å². The van der Waals surface area contributed by atoms with E-state index in [0.717, 1.165) is 0 Å². The van der Waals surface area contributed by atoms with Gasteiger partial charge < -0.3 is 24.6 Å². The zero-order chi connectivity index (χ0) is 18.0. The molecule has 1 heterocycles. The van der Waals surface area contributed by atoms with Crippen molar-refractivity contribution in [3.63, 3.8) is 0 Å². The van der Waals surface area contributed by atoms with Crippen molar-refractivity contribution in [3.05, 3.63) is 47.0 Å². The summed E-state index contributed by atoms with van der Waals surface area (Å²) in [4.78, 5) is 24.3. The molecule has 0 saturated carbocycles. The highest BCUT2D eigenvalue weighted by molar-refractivity contribution is 6.31. The third-order valence-electron chi connectivity index (χ3n) is 3.47. The summed E-state index contributed by atoms with van der Waals surface area (Å²) < 4.78 is 15.5. The lowest BCUT2D eigenvalue weighted by molar-refractivity contribution is -0.123. The summed E-state index contributed by atoms with van der Waals surface area (Å²) in [5.41, 5.74) is 0.359. The Morgan fingerprint density at radius 3 is 2.76 bits per heavy atom. The molecule has 0 spiro atoms. The molecule has 3 rings (SSSR count). The number of amides is 1. The molecule has 0 fully saturated rings. The molecule has 2 aromatic rings. The number of carbonyl (C=O) groups is 2. The van der Waals surface area contributed by atoms with Crippen molar-refractivity contribution in [2.24, 2.45) is 0 Å². The van der Waals surface area contributed by atoms with Crippen molar-refractivity contribution in [2.45, 2.75) is 13.0 Å². The number of anilines is 1. The Morgan fingerprint density at radius 1 is 1.20 bits per heavy atom.